The Morgan fingerprint density at radius 2 is 1.65 bits per heavy atom. The van der Waals surface area contributed by atoms with Gasteiger partial charge in [0.2, 0.25) is 10.0 Å². The van der Waals surface area contributed by atoms with Crippen molar-refractivity contribution >= 4 is 43.2 Å². The van der Waals surface area contributed by atoms with Gasteiger partial charge in [-0.2, -0.15) is 4.31 Å². The van der Waals surface area contributed by atoms with Crippen LogP contribution in [-0.2, 0) is 16.6 Å². The first kappa shape index (κ1) is 24.6. The van der Waals surface area contributed by atoms with Crippen LogP contribution in [0.3, 0.4) is 0 Å². The van der Waals surface area contributed by atoms with Gasteiger partial charge in [-0.15, -0.1) is 11.3 Å². The summed E-state index contributed by atoms with van der Waals surface area (Å²) < 4.78 is 28.2. The van der Waals surface area contributed by atoms with Crippen LogP contribution in [-0.4, -0.2) is 35.8 Å². The van der Waals surface area contributed by atoms with Gasteiger partial charge in [0.1, 0.15) is 10.8 Å². The normalized spacial score (nSPS) is 11.6. The molecule has 1 heterocycles. The van der Waals surface area contributed by atoms with E-state index in [1.165, 1.54) is 53.0 Å². The summed E-state index contributed by atoms with van der Waals surface area (Å²) in [5.74, 6) is -0.423. The number of fused-ring (bicyclic) bond motifs is 1. The maximum absolute atomic E-state index is 12.9. The summed E-state index contributed by atoms with van der Waals surface area (Å²) in [4.78, 5) is 17.4. The lowest BCUT2D eigenvalue weighted by Gasteiger charge is -2.17. The van der Waals surface area contributed by atoms with Gasteiger partial charge in [0.25, 0.3) is 5.91 Å². The fourth-order valence-corrected chi connectivity index (χ4v) is 6.02. The number of phenols is 1. The Morgan fingerprint density at radius 1 is 0.946 bits per heavy atom. The largest absolute Gasteiger partial charge is 0.507 e. The molecule has 0 fully saturated rings. The third-order valence-electron chi connectivity index (χ3n) is 5.85. The summed E-state index contributed by atoms with van der Waals surface area (Å²) in [5, 5.41) is 14.0. The van der Waals surface area contributed by atoms with Gasteiger partial charge in [0.15, 0.2) is 0 Å². The molecule has 2 N–H and O–H groups in total. The standard InChI is InChI=1S/C28H23N3O4S2/c1-31(18-19-7-3-2-4-8-19)37(34,35)22-14-11-20(12-15-22)27(33)29-21-13-16-23(25(32)17-21)28-30-24-9-5-6-10-26(24)36-28/h2-17,32H,18H2,1H3,(H,29,33). The van der Waals surface area contributed by atoms with Crippen LogP contribution in [0, 0.1) is 0 Å². The Labute approximate surface area is 218 Å². The lowest BCUT2D eigenvalue weighted by molar-refractivity contribution is 0.102. The van der Waals surface area contributed by atoms with E-state index in [1.54, 1.807) is 12.1 Å². The molecule has 0 unspecified atom stereocenters. The molecule has 5 aromatic rings. The van der Waals surface area contributed by atoms with Crippen LogP contribution in [0.15, 0.2) is 102 Å². The summed E-state index contributed by atoms with van der Waals surface area (Å²) >= 11 is 1.48. The average molecular weight is 530 g/mol. The summed E-state index contributed by atoms with van der Waals surface area (Å²) in [6.45, 7) is 0.238. The number of anilines is 1. The quantitative estimate of drug-likeness (QED) is 0.280. The highest BCUT2D eigenvalue weighted by Gasteiger charge is 2.21. The molecular weight excluding hydrogens is 506 g/mol. The van der Waals surface area contributed by atoms with Gasteiger partial charge in [0, 0.05) is 30.9 Å². The Hall–Kier alpha value is -4.05. The number of hydrogen-bond donors (Lipinski definition) is 2. The van der Waals surface area contributed by atoms with Crippen molar-refractivity contribution in [3.8, 4) is 16.3 Å². The predicted molar refractivity (Wildman–Crippen MR) is 146 cm³/mol. The van der Waals surface area contributed by atoms with Gasteiger partial charge < -0.3 is 10.4 Å². The summed E-state index contributed by atoms with van der Waals surface area (Å²) in [7, 11) is -2.20. The molecule has 7 nitrogen and oxygen atoms in total. The molecule has 1 amide bonds. The second-order valence-corrected chi connectivity index (χ2v) is 11.5. The SMILES string of the molecule is CN(Cc1ccccc1)S(=O)(=O)c1ccc(C(=O)Nc2ccc(-c3nc4ccccc4s3)c(O)c2)cc1. The van der Waals surface area contributed by atoms with Crippen molar-refractivity contribution in [3.05, 3.63) is 108 Å². The molecule has 4 aromatic carbocycles. The Balaban J connectivity index is 1.28. The van der Waals surface area contributed by atoms with Gasteiger partial charge in [-0.1, -0.05) is 42.5 Å². The van der Waals surface area contributed by atoms with Crippen molar-refractivity contribution in [2.75, 3.05) is 12.4 Å². The summed E-state index contributed by atoms with van der Waals surface area (Å²) in [6.07, 6.45) is 0. The second kappa shape index (κ2) is 10.1. The third kappa shape index (κ3) is 5.24. The number of carbonyl (C=O) groups excluding carboxylic acids is 1. The smallest absolute Gasteiger partial charge is 0.255 e. The first-order valence-corrected chi connectivity index (χ1v) is 13.7. The van der Waals surface area contributed by atoms with Crippen LogP contribution in [0.5, 0.6) is 5.75 Å². The number of phenolic OH excluding ortho intramolecular Hbond substituents is 1. The number of carbonyl (C=O) groups is 1. The Morgan fingerprint density at radius 3 is 2.35 bits per heavy atom. The zero-order chi connectivity index (χ0) is 26.0. The van der Waals surface area contributed by atoms with Crippen molar-refractivity contribution in [2.24, 2.45) is 0 Å². The molecule has 0 aliphatic carbocycles. The van der Waals surface area contributed by atoms with Crippen LogP contribution in [0.1, 0.15) is 15.9 Å². The molecule has 186 valence electrons. The van der Waals surface area contributed by atoms with Crippen molar-refractivity contribution in [3.63, 3.8) is 0 Å². The van der Waals surface area contributed by atoms with Crippen LogP contribution in [0.4, 0.5) is 5.69 Å². The van der Waals surface area contributed by atoms with Crippen LogP contribution in [0.25, 0.3) is 20.8 Å². The minimum absolute atomic E-state index is 0.000231. The number of rotatable bonds is 7. The van der Waals surface area contributed by atoms with Crippen molar-refractivity contribution in [2.45, 2.75) is 11.4 Å². The van der Waals surface area contributed by atoms with Crippen molar-refractivity contribution in [1.29, 1.82) is 0 Å². The van der Waals surface area contributed by atoms with Gasteiger partial charge in [-0.25, -0.2) is 13.4 Å². The molecule has 0 spiro atoms. The molecular formula is C28H23N3O4S2. The van der Waals surface area contributed by atoms with E-state index in [1.807, 2.05) is 54.6 Å². The number of nitrogens with zero attached hydrogens (tertiary/aromatic N) is 2. The minimum Gasteiger partial charge on any atom is -0.507 e. The fourth-order valence-electron chi connectivity index (χ4n) is 3.86. The van der Waals surface area contributed by atoms with E-state index in [0.717, 1.165) is 15.8 Å². The highest BCUT2D eigenvalue weighted by Crippen LogP contribution is 2.36. The maximum atomic E-state index is 12.9. The number of amides is 1. The molecule has 0 bridgehead atoms. The molecule has 9 heteroatoms. The Bertz CT molecular complexity index is 1650. The first-order valence-electron chi connectivity index (χ1n) is 11.4. The van der Waals surface area contributed by atoms with Crippen LogP contribution >= 0.6 is 11.3 Å². The minimum atomic E-state index is -3.72. The fraction of sp³-hybridized carbons (Fsp3) is 0.0714. The van der Waals surface area contributed by atoms with Gasteiger partial charge in [0.05, 0.1) is 20.7 Å². The van der Waals surface area contributed by atoms with Crippen LogP contribution in [0.2, 0.25) is 0 Å². The number of nitrogens with one attached hydrogen (secondary N) is 1. The number of hydrogen-bond acceptors (Lipinski definition) is 6. The number of sulfonamides is 1. The van der Waals surface area contributed by atoms with Crippen molar-refractivity contribution < 1.29 is 18.3 Å². The lowest BCUT2D eigenvalue weighted by Crippen LogP contribution is -2.26. The molecule has 0 atom stereocenters. The summed E-state index contributed by atoms with van der Waals surface area (Å²) in [6, 6.07) is 27.7. The van der Waals surface area contributed by atoms with Crippen LogP contribution < -0.4 is 5.32 Å². The molecule has 0 aliphatic heterocycles. The molecule has 5 rings (SSSR count). The molecule has 1 aromatic heterocycles. The van der Waals surface area contributed by atoms with Gasteiger partial charge in [-0.3, -0.25) is 4.79 Å². The van der Waals surface area contributed by atoms with Gasteiger partial charge >= 0.3 is 0 Å². The van der Waals surface area contributed by atoms with Gasteiger partial charge in [-0.05, 0) is 54.1 Å². The molecule has 37 heavy (non-hydrogen) atoms. The van der Waals surface area contributed by atoms with E-state index in [-0.39, 0.29) is 17.2 Å². The van der Waals surface area contributed by atoms with E-state index in [4.69, 9.17) is 0 Å². The van der Waals surface area contributed by atoms with E-state index < -0.39 is 15.9 Å². The van der Waals surface area contributed by atoms with E-state index in [9.17, 15) is 18.3 Å². The maximum Gasteiger partial charge on any atom is 0.255 e. The predicted octanol–water partition coefficient (Wildman–Crippen LogP) is 5.74. The molecule has 0 aliphatic rings. The highest BCUT2D eigenvalue weighted by atomic mass is 32.2. The molecule has 0 radical (unpaired) electrons. The van der Waals surface area contributed by atoms with Crippen molar-refractivity contribution in [1.82, 2.24) is 9.29 Å². The molecule has 0 saturated heterocycles. The van der Waals surface area contributed by atoms with E-state index in [0.29, 0.717) is 21.8 Å². The average Bonchev–Trinajstić information content (AvgIpc) is 3.33. The van der Waals surface area contributed by atoms with E-state index in [2.05, 4.69) is 10.3 Å². The number of para-hydroxylation sites is 1. The molecule has 0 saturated carbocycles. The number of benzene rings is 4. The van der Waals surface area contributed by atoms with E-state index >= 15 is 0 Å². The first-order chi connectivity index (χ1) is 17.8. The summed E-state index contributed by atoms with van der Waals surface area (Å²) in [5.41, 5.74) is 3.01. The highest BCUT2D eigenvalue weighted by molar-refractivity contribution is 7.89. The zero-order valence-corrected chi connectivity index (χ0v) is 21.5. The Kier molecular flexibility index (Phi) is 6.75. The topological polar surface area (TPSA) is 99.6 Å². The number of aromatic hydroxyl groups is 1. The number of aromatic nitrogens is 1. The zero-order valence-electron chi connectivity index (χ0n) is 19.8. The lowest BCUT2D eigenvalue weighted by atomic mass is 10.1. The number of thiazole rings is 1. The second-order valence-electron chi connectivity index (χ2n) is 8.44. The monoisotopic (exact) mass is 529 g/mol. The third-order valence-corrected chi connectivity index (χ3v) is 8.74.